The van der Waals surface area contributed by atoms with E-state index in [1.54, 1.807) is 12.3 Å². The van der Waals surface area contributed by atoms with Gasteiger partial charge in [-0.05, 0) is 34.1 Å². The molecule has 0 fully saturated rings. The summed E-state index contributed by atoms with van der Waals surface area (Å²) in [5, 5.41) is 0. The lowest BCUT2D eigenvalue weighted by atomic mass is 10.2. The molecule has 2 aromatic rings. The summed E-state index contributed by atoms with van der Waals surface area (Å²) in [7, 11) is 0. The second kappa shape index (κ2) is 5.05. The van der Waals surface area contributed by atoms with E-state index < -0.39 is 5.82 Å². The molecule has 86 valence electrons. The van der Waals surface area contributed by atoms with Crippen molar-refractivity contribution >= 4 is 22.2 Å². The highest BCUT2D eigenvalue weighted by Crippen LogP contribution is 2.26. The van der Waals surface area contributed by atoms with Crippen molar-refractivity contribution in [2.75, 3.05) is 0 Å². The molecule has 0 spiro atoms. The summed E-state index contributed by atoms with van der Waals surface area (Å²) < 4.78 is 19.4. The fraction of sp³-hybridized carbons (Fsp3) is 0. The number of hydrogen-bond acceptors (Lipinski definition) is 3. The molecule has 0 saturated carbocycles. The van der Waals surface area contributed by atoms with Gasteiger partial charge in [0, 0.05) is 10.7 Å². The first-order valence-corrected chi connectivity index (χ1v) is 5.52. The second-order valence-electron chi connectivity index (χ2n) is 3.21. The van der Waals surface area contributed by atoms with Crippen molar-refractivity contribution in [1.29, 1.82) is 0 Å². The molecule has 0 amide bonds. The third kappa shape index (κ3) is 2.68. The number of aldehydes is 1. The minimum Gasteiger partial charge on any atom is -0.455 e. The average molecular weight is 296 g/mol. The van der Waals surface area contributed by atoms with Crippen molar-refractivity contribution in [3.8, 4) is 11.5 Å². The molecule has 17 heavy (non-hydrogen) atoms. The maximum absolute atomic E-state index is 13.3. The zero-order chi connectivity index (χ0) is 12.3. The fourth-order valence-electron chi connectivity index (χ4n) is 1.30. The Hall–Kier alpha value is -1.75. The number of pyridine rings is 1. The summed E-state index contributed by atoms with van der Waals surface area (Å²) in [4.78, 5) is 14.7. The second-order valence-corrected chi connectivity index (χ2v) is 4.13. The summed E-state index contributed by atoms with van der Waals surface area (Å²) in [5.74, 6) is -0.0200. The SMILES string of the molecule is O=Cc1c(F)cccc1Oc1cncc(Br)c1. The molecule has 3 nitrogen and oxygen atoms in total. The van der Waals surface area contributed by atoms with Gasteiger partial charge < -0.3 is 4.74 Å². The number of ether oxygens (including phenoxy) is 1. The van der Waals surface area contributed by atoms with Crippen molar-refractivity contribution in [1.82, 2.24) is 4.98 Å². The van der Waals surface area contributed by atoms with Gasteiger partial charge in [0.05, 0.1) is 11.8 Å². The first kappa shape index (κ1) is 11.7. The highest BCUT2D eigenvalue weighted by atomic mass is 79.9. The minimum atomic E-state index is -0.611. The molecule has 0 atom stereocenters. The molecule has 0 bridgehead atoms. The predicted molar refractivity (Wildman–Crippen MR) is 63.8 cm³/mol. The van der Waals surface area contributed by atoms with E-state index in [0.29, 0.717) is 12.0 Å². The van der Waals surface area contributed by atoms with Gasteiger partial charge >= 0.3 is 0 Å². The van der Waals surface area contributed by atoms with E-state index in [2.05, 4.69) is 20.9 Å². The molecule has 5 heteroatoms. The average Bonchev–Trinajstić information content (AvgIpc) is 2.29. The van der Waals surface area contributed by atoms with Gasteiger partial charge in [0.2, 0.25) is 0 Å². The number of carbonyl (C=O) groups is 1. The Kier molecular flexibility index (Phi) is 3.49. The van der Waals surface area contributed by atoms with Gasteiger partial charge in [-0.3, -0.25) is 9.78 Å². The minimum absolute atomic E-state index is 0.104. The van der Waals surface area contributed by atoms with E-state index in [4.69, 9.17) is 4.74 Å². The van der Waals surface area contributed by atoms with Crippen LogP contribution in [0.2, 0.25) is 0 Å². The van der Waals surface area contributed by atoms with Crippen LogP contribution in [0.3, 0.4) is 0 Å². The van der Waals surface area contributed by atoms with Crippen molar-refractivity contribution in [2.24, 2.45) is 0 Å². The van der Waals surface area contributed by atoms with Crippen LogP contribution in [0.5, 0.6) is 11.5 Å². The number of benzene rings is 1. The van der Waals surface area contributed by atoms with Crippen molar-refractivity contribution in [2.45, 2.75) is 0 Å². The standard InChI is InChI=1S/C12H7BrFNO2/c13-8-4-9(6-15-5-8)17-12-3-1-2-11(14)10(12)7-16/h1-7H. The van der Waals surface area contributed by atoms with Gasteiger partial charge in [-0.2, -0.15) is 0 Å². The Morgan fingerprint density at radius 2 is 2.18 bits per heavy atom. The predicted octanol–water partition coefficient (Wildman–Crippen LogP) is 3.59. The number of carbonyl (C=O) groups excluding carboxylic acids is 1. The zero-order valence-corrected chi connectivity index (χ0v) is 10.1. The Bertz CT molecular complexity index is 560. The van der Waals surface area contributed by atoms with E-state index in [1.165, 1.54) is 24.4 Å². The largest absolute Gasteiger partial charge is 0.455 e. The molecule has 0 aliphatic rings. The Morgan fingerprint density at radius 1 is 1.35 bits per heavy atom. The number of hydrogen-bond donors (Lipinski definition) is 0. The topological polar surface area (TPSA) is 39.2 Å². The third-order valence-electron chi connectivity index (χ3n) is 2.04. The maximum Gasteiger partial charge on any atom is 0.156 e. The van der Waals surface area contributed by atoms with Crippen LogP contribution < -0.4 is 4.74 Å². The molecule has 0 radical (unpaired) electrons. The fourth-order valence-corrected chi connectivity index (χ4v) is 1.64. The van der Waals surface area contributed by atoms with Crippen LogP contribution in [0.1, 0.15) is 10.4 Å². The Morgan fingerprint density at radius 3 is 2.88 bits per heavy atom. The summed E-state index contributed by atoms with van der Waals surface area (Å²) in [6, 6.07) is 5.87. The Balaban J connectivity index is 2.36. The number of halogens is 2. The first-order valence-electron chi connectivity index (χ1n) is 4.73. The number of nitrogens with zero attached hydrogens (tertiary/aromatic N) is 1. The van der Waals surface area contributed by atoms with Gasteiger partial charge in [0.15, 0.2) is 6.29 Å². The van der Waals surface area contributed by atoms with E-state index in [-0.39, 0.29) is 11.3 Å². The van der Waals surface area contributed by atoms with E-state index >= 15 is 0 Å². The van der Waals surface area contributed by atoms with Crippen LogP contribution in [0.15, 0.2) is 41.1 Å². The molecular weight excluding hydrogens is 289 g/mol. The van der Waals surface area contributed by atoms with E-state index in [0.717, 1.165) is 4.47 Å². The summed E-state index contributed by atoms with van der Waals surface area (Å²) in [6.45, 7) is 0. The summed E-state index contributed by atoms with van der Waals surface area (Å²) in [5.41, 5.74) is -0.104. The quantitative estimate of drug-likeness (QED) is 0.813. The molecule has 2 rings (SSSR count). The van der Waals surface area contributed by atoms with Gasteiger partial charge in [-0.15, -0.1) is 0 Å². The van der Waals surface area contributed by atoms with Gasteiger partial charge in [-0.1, -0.05) is 6.07 Å². The maximum atomic E-state index is 13.3. The molecule has 0 aliphatic heterocycles. The molecule has 0 aliphatic carbocycles. The molecule has 1 aromatic carbocycles. The summed E-state index contributed by atoms with van der Waals surface area (Å²) >= 11 is 3.24. The molecule has 1 heterocycles. The highest BCUT2D eigenvalue weighted by molar-refractivity contribution is 9.10. The first-order chi connectivity index (χ1) is 8.20. The van der Waals surface area contributed by atoms with Crippen LogP contribution >= 0.6 is 15.9 Å². The third-order valence-corrected chi connectivity index (χ3v) is 2.47. The lowest BCUT2D eigenvalue weighted by molar-refractivity contribution is 0.111. The monoisotopic (exact) mass is 295 g/mol. The molecule has 0 N–H and O–H groups in total. The zero-order valence-electron chi connectivity index (χ0n) is 8.56. The molecule has 1 aromatic heterocycles. The van der Waals surface area contributed by atoms with Crippen molar-refractivity contribution < 1.29 is 13.9 Å². The van der Waals surface area contributed by atoms with Crippen LogP contribution in [0.25, 0.3) is 0 Å². The normalized spacial score (nSPS) is 10.0. The number of aromatic nitrogens is 1. The Labute approximate surface area is 105 Å². The lowest BCUT2D eigenvalue weighted by Gasteiger charge is -2.07. The smallest absolute Gasteiger partial charge is 0.156 e. The molecule has 0 saturated heterocycles. The molecular formula is C12H7BrFNO2. The van der Waals surface area contributed by atoms with Crippen LogP contribution in [-0.2, 0) is 0 Å². The van der Waals surface area contributed by atoms with Crippen molar-refractivity contribution in [3.05, 3.63) is 52.5 Å². The van der Waals surface area contributed by atoms with Crippen LogP contribution in [0, 0.1) is 5.82 Å². The van der Waals surface area contributed by atoms with Crippen molar-refractivity contribution in [3.63, 3.8) is 0 Å². The summed E-state index contributed by atoms with van der Waals surface area (Å²) in [6.07, 6.45) is 3.50. The molecule has 0 unspecified atom stereocenters. The van der Waals surface area contributed by atoms with Gasteiger partial charge in [0.25, 0.3) is 0 Å². The highest BCUT2D eigenvalue weighted by Gasteiger charge is 2.09. The van der Waals surface area contributed by atoms with Gasteiger partial charge in [0.1, 0.15) is 17.3 Å². The van der Waals surface area contributed by atoms with E-state index in [1.807, 2.05) is 0 Å². The van der Waals surface area contributed by atoms with E-state index in [9.17, 15) is 9.18 Å². The van der Waals surface area contributed by atoms with Crippen LogP contribution in [0.4, 0.5) is 4.39 Å². The van der Waals surface area contributed by atoms with Gasteiger partial charge in [-0.25, -0.2) is 4.39 Å². The number of rotatable bonds is 3. The lowest BCUT2D eigenvalue weighted by Crippen LogP contribution is -1.94. The van der Waals surface area contributed by atoms with Crippen LogP contribution in [-0.4, -0.2) is 11.3 Å².